The second kappa shape index (κ2) is 6.47. The standard InChI is InChI=1S/C11H20N4O3S/c1-12-8-10-4-2-3-7-15(10)19(16,17)14-9-11-5-6-13-18-11/h5-6,10,12,14H,2-4,7-9H2,1H3. The first-order valence-corrected chi connectivity index (χ1v) is 7.88. The Kier molecular flexibility index (Phi) is 4.92. The van der Waals surface area contributed by atoms with E-state index in [1.54, 1.807) is 10.4 Å². The Morgan fingerprint density at radius 2 is 2.37 bits per heavy atom. The van der Waals surface area contributed by atoms with Crippen molar-refractivity contribution in [3.8, 4) is 0 Å². The summed E-state index contributed by atoms with van der Waals surface area (Å²) in [5, 5.41) is 6.59. The van der Waals surface area contributed by atoms with Crippen LogP contribution in [0.25, 0.3) is 0 Å². The molecule has 0 aromatic carbocycles. The van der Waals surface area contributed by atoms with Gasteiger partial charge in [0.15, 0.2) is 5.76 Å². The van der Waals surface area contributed by atoms with Gasteiger partial charge < -0.3 is 9.84 Å². The third-order valence-corrected chi connectivity index (χ3v) is 4.85. The Morgan fingerprint density at radius 3 is 3.05 bits per heavy atom. The van der Waals surface area contributed by atoms with Crippen molar-refractivity contribution < 1.29 is 12.9 Å². The van der Waals surface area contributed by atoms with E-state index in [9.17, 15) is 8.42 Å². The molecule has 0 spiro atoms. The van der Waals surface area contributed by atoms with Gasteiger partial charge in [0.25, 0.3) is 10.2 Å². The van der Waals surface area contributed by atoms with Gasteiger partial charge in [-0.05, 0) is 19.9 Å². The predicted octanol–water partition coefficient (Wildman–Crippen LogP) is 0.0829. The molecule has 19 heavy (non-hydrogen) atoms. The average molecular weight is 288 g/mol. The maximum atomic E-state index is 12.3. The fourth-order valence-corrected chi connectivity index (χ4v) is 3.74. The zero-order valence-electron chi connectivity index (χ0n) is 11.0. The molecule has 2 rings (SSSR count). The number of nitrogens with one attached hydrogen (secondary N) is 2. The minimum atomic E-state index is -3.48. The number of likely N-dealkylation sites (N-methyl/N-ethyl adjacent to an activating group) is 1. The molecule has 1 unspecified atom stereocenters. The molecule has 1 aromatic heterocycles. The minimum absolute atomic E-state index is 0.0194. The van der Waals surface area contributed by atoms with Crippen molar-refractivity contribution in [3.63, 3.8) is 0 Å². The van der Waals surface area contributed by atoms with E-state index in [0.717, 1.165) is 19.3 Å². The highest BCUT2D eigenvalue weighted by atomic mass is 32.2. The predicted molar refractivity (Wildman–Crippen MR) is 70.5 cm³/mol. The highest BCUT2D eigenvalue weighted by Crippen LogP contribution is 2.19. The van der Waals surface area contributed by atoms with Gasteiger partial charge in [-0.2, -0.15) is 17.4 Å². The molecule has 1 aliphatic rings. The van der Waals surface area contributed by atoms with Gasteiger partial charge in [0.2, 0.25) is 0 Å². The molecule has 1 saturated heterocycles. The smallest absolute Gasteiger partial charge is 0.280 e. The van der Waals surface area contributed by atoms with E-state index >= 15 is 0 Å². The summed E-state index contributed by atoms with van der Waals surface area (Å²) in [4.78, 5) is 0. The lowest BCUT2D eigenvalue weighted by molar-refractivity contribution is 0.245. The number of rotatable bonds is 6. The van der Waals surface area contributed by atoms with Gasteiger partial charge in [-0.15, -0.1) is 0 Å². The van der Waals surface area contributed by atoms with Crippen LogP contribution in [0.2, 0.25) is 0 Å². The number of hydrogen-bond acceptors (Lipinski definition) is 5. The third kappa shape index (κ3) is 3.75. The second-order valence-corrected chi connectivity index (χ2v) is 6.33. The van der Waals surface area contributed by atoms with E-state index in [0.29, 0.717) is 18.8 Å². The zero-order valence-corrected chi connectivity index (χ0v) is 11.8. The third-order valence-electron chi connectivity index (χ3n) is 3.24. The lowest BCUT2D eigenvalue weighted by atomic mass is 10.1. The van der Waals surface area contributed by atoms with Crippen molar-refractivity contribution in [1.82, 2.24) is 19.5 Å². The van der Waals surface area contributed by atoms with Gasteiger partial charge in [0.1, 0.15) is 0 Å². The lowest BCUT2D eigenvalue weighted by Crippen LogP contribution is -2.51. The van der Waals surface area contributed by atoms with E-state index in [-0.39, 0.29) is 12.6 Å². The summed E-state index contributed by atoms with van der Waals surface area (Å²) in [5.41, 5.74) is 0. The molecule has 0 radical (unpaired) electrons. The van der Waals surface area contributed by atoms with Crippen molar-refractivity contribution in [1.29, 1.82) is 0 Å². The van der Waals surface area contributed by atoms with Gasteiger partial charge in [-0.25, -0.2) is 0 Å². The maximum Gasteiger partial charge on any atom is 0.280 e. The van der Waals surface area contributed by atoms with Crippen LogP contribution in [0.1, 0.15) is 25.0 Å². The van der Waals surface area contributed by atoms with E-state index in [4.69, 9.17) is 4.52 Å². The summed E-state index contributed by atoms with van der Waals surface area (Å²) in [7, 11) is -1.64. The van der Waals surface area contributed by atoms with Crippen molar-refractivity contribution in [2.45, 2.75) is 31.8 Å². The van der Waals surface area contributed by atoms with E-state index < -0.39 is 10.2 Å². The molecule has 7 nitrogen and oxygen atoms in total. The first kappa shape index (κ1) is 14.4. The number of hydrogen-bond donors (Lipinski definition) is 2. The summed E-state index contributed by atoms with van der Waals surface area (Å²) >= 11 is 0. The molecule has 1 aromatic rings. The van der Waals surface area contributed by atoms with Crippen LogP contribution in [0, 0.1) is 0 Å². The summed E-state index contributed by atoms with van der Waals surface area (Å²) in [6, 6.07) is 1.66. The highest BCUT2D eigenvalue weighted by molar-refractivity contribution is 7.87. The maximum absolute atomic E-state index is 12.3. The second-order valence-electron chi connectivity index (χ2n) is 4.62. The van der Waals surface area contributed by atoms with Crippen molar-refractivity contribution in [3.05, 3.63) is 18.0 Å². The quantitative estimate of drug-likeness (QED) is 0.774. The molecule has 1 atom stereocenters. The van der Waals surface area contributed by atoms with Crippen LogP contribution >= 0.6 is 0 Å². The first-order valence-electron chi connectivity index (χ1n) is 6.44. The lowest BCUT2D eigenvalue weighted by Gasteiger charge is -2.34. The molecule has 2 N–H and O–H groups in total. The van der Waals surface area contributed by atoms with Crippen molar-refractivity contribution in [2.24, 2.45) is 0 Å². The van der Waals surface area contributed by atoms with Gasteiger partial charge in [-0.1, -0.05) is 11.6 Å². The molecule has 0 aliphatic carbocycles. The van der Waals surface area contributed by atoms with Gasteiger partial charge >= 0.3 is 0 Å². The van der Waals surface area contributed by atoms with Crippen molar-refractivity contribution in [2.75, 3.05) is 20.1 Å². The minimum Gasteiger partial charge on any atom is -0.360 e. The SMILES string of the molecule is CNCC1CCCCN1S(=O)(=O)NCc1ccno1. The molecule has 0 amide bonds. The molecule has 1 aliphatic heterocycles. The molecule has 108 valence electrons. The number of piperidine rings is 1. The summed E-state index contributed by atoms with van der Waals surface area (Å²) in [5.74, 6) is 0.505. The Bertz CT molecular complexity index is 472. The van der Waals surface area contributed by atoms with Crippen molar-refractivity contribution >= 4 is 10.2 Å². The van der Waals surface area contributed by atoms with Crippen LogP contribution in [-0.2, 0) is 16.8 Å². The monoisotopic (exact) mass is 288 g/mol. The van der Waals surface area contributed by atoms with E-state index in [1.165, 1.54) is 6.20 Å². The van der Waals surface area contributed by atoms with Gasteiger partial charge in [0.05, 0.1) is 12.7 Å². The number of aromatic nitrogens is 1. The molecule has 2 heterocycles. The van der Waals surface area contributed by atoms with Crippen LogP contribution < -0.4 is 10.0 Å². The summed E-state index contributed by atoms with van der Waals surface area (Å²) < 4.78 is 33.6. The molecule has 1 fully saturated rings. The first-order chi connectivity index (χ1) is 9.13. The Hall–Kier alpha value is -0.960. The normalized spacial score (nSPS) is 21.6. The average Bonchev–Trinajstić information content (AvgIpc) is 2.91. The van der Waals surface area contributed by atoms with Crippen LogP contribution in [0.5, 0.6) is 0 Å². The topological polar surface area (TPSA) is 87.5 Å². The Balaban J connectivity index is 2.00. The van der Waals surface area contributed by atoms with Gasteiger partial charge in [0, 0.05) is 25.2 Å². The van der Waals surface area contributed by atoms with E-state index in [2.05, 4.69) is 15.2 Å². The molecule has 0 bridgehead atoms. The van der Waals surface area contributed by atoms with E-state index in [1.807, 2.05) is 7.05 Å². The molecular formula is C11H20N4O3S. The van der Waals surface area contributed by atoms with Gasteiger partial charge in [-0.3, -0.25) is 0 Å². The zero-order chi connectivity index (χ0) is 13.7. The molecular weight excluding hydrogens is 268 g/mol. The Morgan fingerprint density at radius 1 is 1.53 bits per heavy atom. The van der Waals surface area contributed by atoms with Crippen LogP contribution in [-0.4, -0.2) is 44.1 Å². The largest absolute Gasteiger partial charge is 0.360 e. The number of nitrogens with zero attached hydrogens (tertiary/aromatic N) is 2. The summed E-state index contributed by atoms with van der Waals surface area (Å²) in [6.45, 7) is 1.37. The fourth-order valence-electron chi connectivity index (χ4n) is 2.31. The van der Waals surface area contributed by atoms with Crippen LogP contribution in [0.4, 0.5) is 0 Å². The highest BCUT2D eigenvalue weighted by Gasteiger charge is 2.31. The summed E-state index contributed by atoms with van der Waals surface area (Å²) in [6.07, 6.45) is 4.36. The molecule has 8 heteroatoms. The fraction of sp³-hybridized carbons (Fsp3) is 0.727. The Labute approximate surface area is 113 Å². The van der Waals surface area contributed by atoms with Crippen LogP contribution in [0.15, 0.2) is 16.8 Å². The molecule has 0 saturated carbocycles. The van der Waals surface area contributed by atoms with Crippen LogP contribution in [0.3, 0.4) is 0 Å².